The van der Waals surface area contributed by atoms with Crippen molar-refractivity contribution in [1.82, 2.24) is 4.98 Å². The molecule has 1 aromatic heterocycles. The number of halogens is 1. The van der Waals surface area contributed by atoms with E-state index in [-0.39, 0.29) is 5.56 Å². The molecule has 0 unspecified atom stereocenters. The van der Waals surface area contributed by atoms with Crippen LogP contribution in [0.1, 0.15) is 17.3 Å². The van der Waals surface area contributed by atoms with E-state index in [4.69, 9.17) is 16.7 Å². The first-order chi connectivity index (χ1) is 7.41. The maximum Gasteiger partial charge on any atom is 0.337 e. The third kappa shape index (κ3) is 2.97. The summed E-state index contributed by atoms with van der Waals surface area (Å²) in [5.74, 6) is -0.488. The first kappa shape index (κ1) is 12.5. The Balaban J connectivity index is 2.98. The molecule has 16 heavy (non-hydrogen) atoms. The number of pyridine rings is 1. The summed E-state index contributed by atoms with van der Waals surface area (Å²) in [6.07, 6.45) is 1.29. The van der Waals surface area contributed by atoms with Crippen LogP contribution in [0, 0.1) is 0 Å². The van der Waals surface area contributed by atoms with Gasteiger partial charge in [0, 0.05) is 19.8 Å². The van der Waals surface area contributed by atoms with Crippen LogP contribution in [0.4, 0.5) is 5.82 Å². The molecule has 0 atom stereocenters. The van der Waals surface area contributed by atoms with Gasteiger partial charge in [-0.25, -0.2) is 9.78 Å². The molecule has 0 spiro atoms. The molecule has 0 aliphatic carbocycles. The number of hydrogen-bond donors (Lipinski definition) is 1. The molecule has 1 aromatic rings. The molecule has 0 aliphatic rings. The van der Waals surface area contributed by atoms with Crippen LogP contribution < -0.4 is 4.90 Å². The number of carboxylic acids is 1. The second-order valence-corrected chi connectivity index (χ2v) is 4.05. The predicted molar refractivity (Wildman–Crippen MR) is 64.3 cm³/mol. The zero-order chi connectivity index (χ0) is 12.3. The van der Waals surface area contributed by atoms with Crippen molar-refractivity contribution < 1.29 is 9.90 Å². The Kier molecular flexibility index (Phi) is 3.90. The van der Waals surface area contributed by atoms with Crippen LogP contribution in [0.25, 0.3) is 0 Å². The zero-order valence-electron chi connectivity index (χ0n) is 9.20. The molecule has 0 aromatic carbocycles. The molecule has 1 rings (SSSR count). The standard InChI is InChI=1S/C11H13ClN2O2/c1-7(2)6-14(3)10-9(12)4-8(5-13-10)11(15)16/h4-5H,1,6H2,2-3H3,(H,15,16). The highest BCUT2D eigenvalue weighted by atomic mass is 35.5. The number of carboxylic acid groups (broad SMARTS) is 1. The molecule has 1 heterocycles. The summed E-state index contributed by atoms with van der Waals surface area (Å²) in [4.78, 5) is 16.5. The Labute approximate surface area is 99.2 Å². The predicted octanol–water partition coefficient (Wildman–Crippen LogP) is 2.45. The summed E-state index contributed by atoms with van der Waals surface area (Å²) in [6, 6.07) is 1.39. The maximum absolute atomic E-state index is 10.7. The monoisotopic (exact) mass is 240 g/mol. The Hall–Kier alpha value is -1.55. The molecule has 1 N–H and O–H groups in total. The van der Waals surface area contributed by atoms with Gasteiger partial charge in [0.05, 0.1) is 10.6 Å². The van der Waals surface area contributed by atoms with Gasteiger partial charge in [-0.2, -0.15) is 0 Å². The van der Waals surface area contributed by atoms with Gasteiger partial charge in [-0.05, 0) is 13.0 Å². The molecule has 0 bridgehead atoms. The molecule has 0 aliphatic heterocycles. The number of carbonyl (C=O) groups is 1. The average Bonchev–Trinajstić information content (AvgIpc) is 2.15. The second kappa shape index (κ2) is 4.99. The van der Waals surface area contributed by atoms with Crippen molar-refractivity contribution in [3.63, 3.8) is 0 Å². The zero-order valence-corrected chi connectivity index (χ0v) is 9.95. The number of likely N-dealkylation sites (N-methyl/N-ethyl adjacent to an activating group) is 1. The first-order valence-corrected chi connectivity index (χ1v) is 5.04. The highest BCUT2D eigenvalue weighted by Crippen LogP contribution is 2.23. The van der Waals surface area contributed by atoms with Crippen LogP contribution in [0.15, 0.2) is 24.4 Å². The van der Waals surface area contributed by atoms with Gasteiger partial charge in [-0.3, -0.25) is 0 Å². The van der Waals surface area contributed by atoms with E-state index >= 15 is 0 Å². The van der Waals surface area contributed by atoms with E-state index in [1.54, 1.807) is 0 Å². The minimum Gasteiger partial charge on any atom is -0.478 e. The van der Waals surface area contributed by atoms with Crippen molar-refractivity contribution in [2.45, 2.75) is 6.92 Å². The number of rotatable bonds is 4. The van der Waals surface area contributed by atoms with E-state index in [1.165, 1.54) is 12.3 Å². The molecule has 5 heteroatoms. The van der Waals surface area contributed by atoms with E-state index in [1.807, 2.05) is 18.9 Å². The summed E-state index contributed by atoms with van der Waals surface area (Å²) in [6.45, 7) is 6.31. The van der Waals surface area contributed by atoms with Gasteiger partial charge in [0.2, 0.25) is 0 Å². The van der Waals surface area contributed by atoms with Crippen molar-refractivity contribution in [3.8, 4) is 0 Å². The lowest BCUT2D eigenvalue weighted by Crippen LogP contribution is -2.20. The number of aromatic carboxylic acids is 1. The molecule has 0 saturated carbocycles. The highest BCUT2D eigenvalue weighted by molar-refractivity contribution is 6.33. The van der Waals surface area contributed by atoms with Gasteiger partial charge >= 0.3 is 5.97 Å². The molecule has 4 nitrogen and oxygen atoms in total. The van der Waals surface area contributed by atoms with Crippen LogP contribution in [-0.4, -0.2) is 29.7 Å². The minimum absolute atomic E-state index is 0.0810. The van der Waals surface area contributed by atoms with Crippen molar-refractivity contribution in [3.05, 3.63) is 35.0 Å². The van der Waals surface area contributed by atoms with Crippen LogP contribution in [-0.2, 0) is 0 Å². The average molecular weight is 241 g/mol. The van der Waals surface area contributed by atoms with E-state index in [0.717, 1.165) is 5.57 Å². The number of anilines is 1. The van der Waals surface area contributed by atoms with Crippen LogP contribution >= 0.6 is 11.6 Å². The van der Waals surface area contributed by atoms with Crippen LogP contribution in [0.5, 0.6) is 0 Å². The van der Waals surface area contributed by atoms with Gasteiger partial charge in [0.25, 0.3) is 0 Å². The number of aromatic nitrogens is 1. The largest absolute Gasteiger partial charge is 0.478 e. The van der Waals surface area contributed by atoms with Crippen LogP contribution in [0.2, 0.25) is 5.02 Å². The first-order valence-electron chi connectivity index (χ1n) is 4.66. The Bertz CT molecular complexity index is 432. The third-order valence-corrected chi connectivity index (χ3v) is 2.22. The SMILES string of the molecule is C=C(C)CN(C)c1ncc(C(=O)O)cc1Cl. The molecule has 0 saturated heterocycles. The molecule has 0 radical (unpaired) electrons. The smallest absolute Gasteiger partial charge is 0.337 e. The van der Waals surface area contributed by atoms with Gasteiger partial charge in [0.1, 0.15) is 5.82 Å². The Morgan fingerprint density at radius 2 is 2.31 bits per heavy atom. The van der Waals surface area contributed by atoms with Gasteiger partial charge < -0.3 is 10.0 Å². The van der Waals surface area contributed by atoms with Gasteiger partial charge in [-0.1, -0.05) is 23.8 Å². The van der Waals surface area contributed by atoms with E-state index in [2.05, 4.69) is 11.6 Å². The van der Waals surface area contributed by atoms with Gasteiger partial charge in [0.15, 0.2) is 0 Å². The molecule has 0 fully saturated rings. The van der Waals surface area contributed by atoms with Crippen molar-refractivity contribution >= 4 is 23.4 Å². The Morgan fingerprint density at radius 1 is 1.69 bits per heavy atom. The summed E-state index contributed by atoms with van der Waals surface area (Å²) in [5.41, 5.74) is 1.06. The number of nitrogens with zero attached hydrogens (tertiary/aromatic N) is 2. The summed E-state index contributed by atoms with van der Waals surface area (Å²) >= 11 is 5.95. The Morgan fingerprint density at radius 3 is 2.75 bits per heavy atom. The lowest BCUT2D eigenvalue weighted by molar-refractivity contribution is 0.0696. The topological polar surface area (TPSA) is 53.4 Å². The van der Waals surface area contributed by atoms with Gasteiger partial charge in [-0.15, -0.1) is 0 Å². The second-order valence-electron chi connectivity index (χ2n) is 3.65. The number of hydrogen-bond acceptors (Lipinski definition) is 3. The van der Waals surface area contributed by atoms with Crippen molar-refractivity contribution in [2.75, 3.05) is 18.5 Å². The fourth-order valence-electron chi connectivity index (χ4n) is 1.31. The lowest BCUT2D eigenvalue weighted by Gasteiger charge is -2.19. The van der Waals surface area contributed by atoms with Crippen molar-refractivity contribution in [2.24, 2.45) is 0 Å². The maximum atomic E-state index is 10.7. The fourth-order valence-corrected chi connectivity index (χ4v) is 1.62. The quantitative estimate of drug-likeness (QED) is 0.822. The summed E-state index contributed by atoms with van der Waals surface area (Å²) in [5, 5.41) is 9.08. The lowest BCUT2D eigenvalue weighted by atomic mass is 10.2. The minimum atomic E-state index is -1.04. The molecular formula is C11H13ClN2O2. The van der Waals surface area contributed by atoms with Crippen molar-refractivity contribution in [1.29, 1.82) is 0 Å². The molecular weight excluding hydrogens is 228 g/mol. The molecule has 0 amide bonds. The van der Waals surface area contributed by atoms with E-state index < -0.39 is 5.97 Å². The molecule has 86 valence electrons. The fraction of sp³-hybridized carbons (Fsp3) is 0.273. The summed E-state index contributed by atoms with van der Waals surface area (Å²) < 4.78 is 0. The van der Waals surface area contributed by atoms with E-state index in [0.29, 0.717) is 17.4 Å². The van der Waals surface area contributed by atoms with Crippen LogP contribution in [0.3, 0.4) is 0 Å². The third-order valence-electron chi connectivity index (χ3n) is 1.94. The van der Waals surface area contributed by atoms with E-state index in [9.17, 15) is 4.79 Å². The summed E-state index contributed by atoms with van der Waals surface area (Å²) in [7, 11) is 1.82. The highest BCUT2D eigenvalue weighted by Gasteiger charge is 2.11. The normalized spacial score (nSPS) is 9.94.